The molecular formula is C31H34N8O. The Hall–Kier alpha value is -4.24. The van der Waals surface area contributed by atoms with Gasteiger partial charge in [0, 0.05) is 54.9 Å². The van der Waals surface area contributed by atoms with E-state index in [4.69, 9.17) is 10.8 Å². The Morgan fingerprint density at radius 1 is 1.00 bits per heavy atom. The van der Waals surface area contributed by atoms with Crippen LogP contribution in [0.4, 0.5) is 5.82 Å². The molecule has 1 aliphatic heterocycles. The van der Waals surface area contributed by atoms with E-state index < -0.39 is 0 Å². The largest absolute Gasteiger partial charge is 0.382 e. The van der Waals surface area contributed by atoms with E-state index in [2.05, 4.69) is 74.6 Å². The Labute approximate surface area is 233 Å². The van der Waals surface area contributed by atoms with E-state index in [1.165, 1.54) is 11.9 Å². The van der Waals surface area contributed by atoms with Gasteiger partial charge in [-0.1, -0.05) is 42.5 Å². The Balaban J connectivity index is 1.07. The summed E-state index contributed by atoms with van der Waals surface area (Å²) < 4.78 is 3.94. The summed E-state index contributed by atoms with van der Waals surface area (Å²) in [6, 6.07) is 19.0. The lowest BCUT2D eigenvalue weighted by Crippen LogP contribution is -2.49. The Kier molecular flexibility index (Phi) is 6.43. The first-order valence-electron chi connectivity index (χ1n) is 14.3. The van der Waals surface area contributed by atoms with Crippen LogP contribution in [0.5, 0.6) is 0 Å². The number of nitrogens with two attached hydrogens (primary N) is 1. The van der Waals surface area contributed by atoms with E-state index in [9.17, 15) is 4.79 Å². The summed E-state index contributed by atoms with van der Waals surface area (Å²) in [5, 5.41) is 10.5. The van der Waals surface area contributed by atoms with Crippen molar-refractivity contribution in [3.05, 3.63) is 78.4 Å². The number of fused-ring (bicyclic) bond motifs is 2. The van der Waals surface area contributed by atoms with Gasteiger partial charge in [0.1, 0.15) is 11.8 Å². The Morgan fingerprint density at radius 3 is 2.62 bits per heavy atom. The lowest BCUT2D eigenvalue weighted by Gasteiger charge is -2.34. The van der Waals surface area contributed by atoms with Gasteiger partial charge in [-0.3, -0.25) is 14.4 Å². The van der Waals surface area contributed by atoms with Gasteiger partial charge < -0.3 is 10.6 Å². The molecule has 40 heavy (non-hydrogen) atoms. The Morgan fingerprint density at radius 2 is 1.82 bits per heavy atom. The number of carbonyl (C=O) groups excluding carboxylic acids is 1. The number of benzene rings is 2. The maximum atomic E-state index is 12.4. The van der Waals surface area contributed by atoms with Crippen LogP contribution in [0.1, 0.15) is 30.5 Å². The second-order valence-corrected chi connectivity index (χ2v) is 11.1. The van der Waals surface area contributed by atoms with Crippen molar-refractivity contribution in [1.29, 1.82) is 0 Å². The molecule has 9 nitrogen and oxygen atoms in total. The minimum absolute atomic E-state index is 0.309. The third kappa shape index (κ3) is 4.93. The molecular weight excluding hydrogens is 500 g/mol. The normalized spacial score (nSPS) is 16.2. The molecule has 2 aliphatic rings. The molecule has 1 aliphatic carbocycles. The number of piperazine rings is 1. The van der Waals surface area contributed by atoms with Crippen LogP contribution >= 0.6 is 0 Å². The first-order valence-corrected chi connectivity index (χ1v) is 14.3. The van der Waals surface area contributed by atoms with E-state index in [-0.39, 0.29) is 0 Å². The molecule has 9 heteroatoms. The van der Waals surface area contributed by atoms with Crippen LogP contribution in [0.2, 0.25) is 0 Å². The average molecular weight is 535 g/mol. The number of hydrogen-bond acceptors (Lipinski definition) is 6. The zero-order valence-corrected chi connectivity index (χ0v) is 22.6. The molecule has 0 bridgehead atoms. The molecule has 5 aromatic rings. The second kappa shape index (κ2) is 10.4. The van der Waals surface area contributed by atoms with Crippen molar-refractivity contribution in [1.82, 2.24) is 34.2 Å². The van der Waals surface area contributed by atoms with Gasteiger partial charge in [0.15, 0.2) is 5.82 Å². The highest BCUT2D eigenvalue weighted by Gasteiger charge is 2.34. The quantitative estimate of drug-likeness (QED) is 0.325. The third-order valence-electron chi connectivity index (χ3n) is 8.23. The molecule has 0 spiro atoms. The predicted molar refractivity (Wildman–Crippen MR) is 156 cm³/mol. The van der Waals surface area contributed by atoms with Crippen molar-refractivity contribution in [2.45, 2.75) is 32.2 Å². The highest BCUT2D eigenvalue weighted by molar-refractivity contribution is 5.92. The van der Waals surface area contributed by atoms with Crippen molar-refractivity contribution >= 4 is 28.1 Å². The highest BCUT2D eigenvalue weighted by Crippen LogP contribution is 2.33. The molecule has 204 valence electrons. The monoisotopic (exact) mass is 534 g/mol. The fraction of sp³-hybridized carbons (Fsp3) is 0.355. The molecule has 0 atom stereocenters. The summed E-state index contributed by atoms with van der Waals surface area (Å²) in [6.45, 7) is 5.33. The predicted octanol–water partition coefficient (Wildman–Crippen LogP) is 3.86. The fourth-order valence-corrected chi connectivity index (χ4v) is 5.88. The molecule has 2 aromatic carbocycles. The van der Waals surface area contributed by atoms with Crippen molar-refractivity contribution in [3.8, 4) is 11.1 Å². The lowest BCUT2D eigenvalue weighted by atomic mass is 10.0. The van der Waals surface area contributed by atoms with Crippen LogP contribution in [0.3, 0.4) is 0 Å². The minimum Gasteiger partial charge on any atom is -0.382 e. The van der Waals surface area contributed by atoms with E-state index in [0.717, 1.165) is 98.2 Å². The third-order valence-corrected chi connectivity index (χ3v) is 8.23. The topological polar surface area (TPSA) is 97.6 Å². The standard InChI is InChI=1S/C31H34N8O/c32-30-29-27(24-10-11-25-20-38(35-28(25)17-24)19-22-5-2-1-3-6-22)18-26(39(29)34-21-33-30)7-4-12-36-13-15-37(16-14-36)31(40)23-8-9-23/h1-3,5-6,10-11,17-18,20-21,23H,4,7-9,12-16,19H2,(H2,32,33,34). The smallest absolute Gasteiger partial charge is 0.225 e. The van der Waals surface area contributed by atoms with Crippen LogP contribution in [0, 0.1) is 5.92 Å². The lowest BCUT2D eigenvalue weighted by molar-refractivity contribution is -0.134. The van der Waals surface area contributed by atoms with Gasteiger partial charge in [-0.25, -0.2) is 9.50 Å². The van der Waals surface area contributed by atoms with Crippen molar-refractivity contribution in [2.24, 2.45) is 5.92 Å². The molecule has 2 fully saturated rings. The number of aryl methyl sites for hydroxylation is 1. The first kappa shape index (κ1) is 24.8. The number of aromatic nitrogens is 5. The maximum absolute atomic E-state index is 12.4. The Bertz CT molecular complexity index is 1660. The van der Waals surface area contributed by atoms with E-state index in [1.807, 2.05) is 15.3 Å². The number of carbonyl (C=O) groups is 1. The van der Waals surface area contributed by atoms with Crippen LogP contribution in [0.25, 0.3) is 27.5 Å². The summed E-state index contributed by atoms with van der Waals surface area (Å²) in [4.78, 5) is 21.2. The molecule has 1 saturated carbocycles. The summed E-state index contributed by atoms with van der Waals surface area (Å²) in [6.07, 6.45) is 7.66. The number of nitrogens with zero attached hydrogens (tertiary/aromatic N) is 7. The van der Waals surface area contributed by atoms with Gasteiger partial charge in [0.05, 0.1) is 12.1 Å². The number of anilines is 1. The molecule has 0 radical (unpaired) electrons. The van der Waals surface area contributed by atoms with Crippen LogP contribution in [-0.2, 0) is 17.8 Å². The van der Waals surface area contributed by atoms with Gasteiger partial charge >= 0.3 is 0 Å². The molecule has 1 amide bonds. The molecule has 0 unspecified atom stereocenters. The average Bonchev–Trinajstić information content (AvgIpc) is 3.65. The van der Waals surface area contributed by atoms with Crippen molar-refractivity contribution < 1.29 is 4.79 Å². The van der Waals surface area contributed by atoms with E-state index in [0.29, 0.717) is 17.6 Å². The van der Waals surface area contributed by atoms with Crippen molar-refractivity contribution in [2.75, 3.05) is 38.5 Å². The minimum atomic E-state index is 0.309. The molecule has 2 N–H and O–H groups in total. The number of amides is 1. The van der Waals surface area contributed by atoms with Crippen LogP contribution in [-0.4, -0.2) is 72.8 Å². The van der Waals surface area contributed by atoms with Gasteiger partial charge in [0.2, 0.25) is 5.91 Å². The highest BCUT2D eigenvalue weighted by atomic mass is 16.2. The zero-order chi connectivity index (χ0) is 27.1. The first-order chi connectivity index (χ1) is 19.6. The SMILES string of the molecule is Nc1ncnn2c(CCCN3CCN(C(=O)C4CC4)CC3)cc(-c3ccc4cn(Cc5ccccc5)nc4c3)c12. The molecule has 7 rings (SSSR count). The summed E-state index contributed by atoms with van der Waals surface area (Å²) in [5.74, 6) is 1.15. The summed E-state index contributed by atoms with van der Waals surface area (Å²) in [5.41, 5.74) is 12.6. The second-order valence-electron chi connectivity index (χ2n) is 11.1. The summed E-state index contributed by atoms with van der Waals surface area (Å²) >= 11 is 0. The molecule has 3 aromatic heterocycles. The van der Waals surface area contributed by atoms with Crippen LogP contribution < -0.4 is 5.73 Å². The zero-order valence-electron chi connectivity index (χ0n) is 22.6. The summed E-state index contributed by atoms with van der Waals surface area (Å²) in [7, 11) is 0. The molecule has 4 heterocycles. The maximum Gasteiger partial charge on any atom is 0.225 e. The van der Waals surface area contributed by atoms with E-state index >= 15 is 0 Å². The van der Waals surface area contributed by atoms with Crippen molar-refractivity contribution in [3.63, 3.8) is 0 Å². The van der Waals surface area contributed by atoms with Gasteiger partial charge in [-0.2, -0.15) is 10.2 Å². The molecule has 1 saturated heterocycles. The number of hydrogen-bond donors (Lipinski definition) is 1. The number of nitrogen functional groups attached to an aromatic ring is 1. The fourth-order valence-electron chi connectivity index (χ4n) is 5.88. The van der Waals surface area contributed by atoms with Gasteiger partial charge in [-0.05, 0) is 55.5 Å². The number of rotatable bonds is 8. The van der Waals surface area contributed by atoms with E-state index in [1.54, 1.807) is 0 Å². The van der Waals surface area contributed by atoms with Crippen LogP contribution in [0.15, 0.2) is 67.1 Å². The van der Waals surface area contributed by atoms with Gasteiger partial charge in [-0.15, -0.1) is 0 Å². The van der Waals surface area contributed by atoms with Gasteiger partial charge in [0.25, 0.3) is 0 Å².